The Morgan fingerprint density at radius 1 is 1.21 bits per heavy atom. The van der Waals surface area contributed by atoms with Gasteiger partial charge in [0.05, 0.1) is 23.6 Å². The quantitative estimate of drug-likeness (QED) is 0.905. The minimum absolute atomic E-state index is 0.118. The van der Waals surface area contributed by atoms with Crippen LogP contribution in [-0.4, -0.2) is 43.9 Å². The molecule has 1 N–H and O–H groups in total. The molecular formula is C17H26N2O4S. The van der Waals surface area contributed by atoms with Gasteiger partial charge in [-0.25, -0.2) is 8.42 Å². The van der Waals surface area contributed by atoms with Gasteiger partial charge in [0, 0.05) is 17.6 Å². The second-order valence-electron chi connectivity index (χ2n) is 7.67. The summed E-state index contributed by atoms with van der Waals surface area (Å²) in [6.07, 6.45) is 0. The molecule has 0 aromatic heterocycles. The minimum Gasteiger partial charge on any atom is -0.378 e. The summed E-state index contributed by atoms with van der Waals surface area (Å²) in [4.78, 5) is 12.2. The number of rotatable bonds is 3. The number of hydrogen-bond donors (Lipinski definition) is 1. The molecule has 1 aromatic carbocycles. The molecule has 134 valence electrons. The lowest BCUT2D eigenvalue weighted by molar-refractivity contribution is -0.123. The minimum atomic E-state index is -3.60. The predicted molar refractivity (Wildman–Crippen MR) is 93.3 cm³/mol. The molecule has 0 spiro atoms. The van der Waals surface area contributed by atoms with Crippen molar-refractivity contribution in [1.29, 1.82) is 0 Å². The summed E-state index contributed by atoms with van der Waals surface area (Å²) in [5, 5.41) is 2.79. The third-order valence-corrected chi connectivity index (χ3v) is 6.08. The van der Waals surface area contributed by atoms with Gasteiger partial charge < -0.3 is 10.1 Å². The fourth-order valence-electron chi connectivity index (χ4n) is 2.45. The van der Waals surface area contributed by atoms with Crippen molar-refractivity contribution in [3.63, 3.8) is 0 Å². The summed E-state index contributed by atoms with van der Waals surface area (Å²) in [6.45, 7) is 10.3. The number of ether oxygens (including phenoxy) is 1. The Labute approximate surface area is 144 Å². The zero-order valence-electron chi connectivity index (χ0n) is 14.9. The molecule has 1 amide bonds. The first kappa shape index (κ1) is 18.9. The molecule has 0 saturated carbocycles. The van der Waals surface area contributed by atoms with Crippen LogP contribution in [0.2, 0.25) is 0 Å². The van der Waals surface area contributed by atoms with Crippen LogP contribution in [-0.2, 0) is 19.6 Å². The molecule has 24 heavy (non-hydrogen) atoms. The van der Waals surface area contributed by atoms with E-state index in [1.807, 2.05) is 34.6 Å². The van der Waals surface area contributed by atoms with E-state index in [1.54, 1.807) is 12.1 Å². The van der Waals surface area contributed by atoms with E-state index in [0.29, 0.717) is 25.4 Å². The number of sulfonamides is 1. The Hall–Kier alpha value is -1.44. The summed E-state index contributed by atoms with van der Waals surface area (Å²) in [6, 6.07) is 6.28. The normalized spacial score (nSPS) is 19.0. The van der Waals surface area contributed by atoms with Crippen LogP contribution in [0.15, 0.2) is 29.2 Å². The topological polar surface area (TPSA) is 75.7 Å². The molecule has 6 nitrogen and oxygen atoms in total. The molecule has 0 bridgehead atoms. The summed E-state index contributed by atoms with van der Waals surface area (Å²) < 4.78 is 32.6. The van der Waals surface area contributed by atoms with Gasteiger partial charge in [0.1, 0.15) is 0 Å². The van der Waals surface area contributed by atoms with Crippen molar-refractivity contribution in [2.75, 3.05) is 25.1 Å². The average Bonchev–Trinajstić information content (AvgIpc) is 2.46. The first-order chi connectivity index (χ1) is 10.9. The van der Waals surface area contributed by atoms with E-state index in [4.69, 9.17) is 4.74 Å². The molecule has 1 aliphatic heterocycles. The van der Waals surface area contributed by atoms with Crippen LogP contribution in [0, 0.1) is 5.41 Å². The smallest absolute Gasteiger partial charge is 0.243 e. The number of carbonyl (C=O) groups excluding carboxylic acids is 1. The average molecular weight is 354 g/mol. The van der Waals surface area contributed by atoms with Gasteiger partial charge in [-0.15, -0.1) is 0 Å². The van der Waals surface area contributed by atoms with Gasteiger partial charge in [-0.1, -0.05) is 20.8 Å². The molecule has 1 aromatic rings. The van der Waals surface area contributed by atoms with E-state index >= 15 is 0 Å². The summed E-state index contributed by atoms with van der Waals surface area (Å²) in [7, 11) is -3.60. The van der Waals surface area contributed by atoms with Crippen molar-refractivity contribution in [3.05, 3.63) is 24.3 Å². The molecule has 0 aliphatic carbocycles. The zero-order valence-corrected chi connectivity index (χ0v) is 15.7. The first-order valence-electron chi connectivity index (χ1n) is 7.97. The molecule has 1 aliphatic rings. The van der Waals surface area contributed by atoms with Crippen molar-refractivity contribution in [2.24, 2.45) is 5.41 Å². The van der Waals surface area contributed by atoms with Gasteiger partial charge in [0.15, 0.2) is 0 Å². The van der Waals surface area contributed by atoms with E-state index < -0.39 is 21.0 Å². The lowest BCUT2D eigenvalue weighted by Gasteiger charge is -2.40. The second kappa shape index (κ2) is 6.46. The van der Waals surface area contributed by atoms with Crippen LogP contribution < -0.4 is 5.32 Å². The number of carbonyl (C=O) groups is 1. The standard InChI is InChI=1S/C17H26N2O4S/c1-16(2,3)15(20)18-13-6-8-14(9-7-13)24(21,22)19-10-11-23-12-17(19,4)5/h6-9H,10-12H2,1-5H3,(H,18,20). The number of anilines is 1. The maximum atomic E-state index is 12.9. The largest absolute Gasteiger partial charge is 0.378 e. The van der Waals surface area contributed by atoms with Crippen molar-refractivity contribution < 1.29 is 17.9 Å². The lowest BCUT2D eigenvalue weighted by Crippen LogP contribution is -2.55. The highest BCUT2D eigenvalue weighted by molar-refractivity contribution is 7.89. The fourth-order valence-corrected chi connectivity index (χ4v) is 4.20. The molecule has 2 rings (SSSR count). The van der Waals surface area contributed by atoms with Crippen molar-refractivity contribution in [1.82, 2.24) is 4.31 Å². The van der Waals surface area contributed by atoms with Crippen LogP contribution in [0.1, 0.15) is 34.6 Å². The van der Waals surface area contributed by atoms with E-state index in [1.165, 1.54) is 16.4 Å². The molecular weight excluding hydrogens is 328 g/mol. The van der Waals surface area contributed by atoms with Gasteiger partial charge >= 0.3 is 0 Å². The number of hydrogen-bond acceptors (Lipinski definition) is 4. The van der Waals surface area contributed by atoms with Crippen LogP contribution >= 0.6 is 0 Å². The monoisotopic (exact) mass is 354 g/mol. The van der Waals surface area contributed by atoms with E-state index in [0.717, 1.165) is 0 Å². The summed E-state index contributed by atoms with van der Waals surface area (Å²) in [5.41, 5.74) is -0.520. The Morgan fingerprint density at radius 3 is 2.29 bits per heavy atom. The second-order valence-corrected chi connectivity index (χ2v) is 9.53. The highest BCUT2D eigenvalue weighted by Gasteiger charge is 2.39. The van der Waals surface area contributed by atoms with Crippen LogP contribution in [0.4, 0.5) is 5.69 Å². The van der Waals surface area contributed by atoms with Gasteiger partial charge in [-0.3, -0.25) is 4.79 Å². The maximum Gasteiger partial charge on any atom is 0.243 e. The van der Waals surface area contributed by atoms with E-state index in [-0.39, 0.29) is 10.8 Å². The molecule has 0 radical (unpaired) electrons. The Kier molecular flexibility index (Phi) is 5.09. The van der Waals surface area contributed by atoms with Crippen molar-refractivity contribution >= 4 is 21.6 Å². The van der Waals surface area contributed by atoms with Crippen LogP contribution in [0.5, 0.6) is 0 Å². The number of nitrogens with zero attached hydrogens (tertiary/aromatic N) is 1. The molecule has 0 atom stereocenters. The predicted octanol–water partition coefficient (Wildman–Crippen LogP) is 2.47. The SMILES string of the molecule is CC(C)(C)C(=O)Nc1ccc(S(=O)(=O)N2CCOCC2(C)C)cc1. The maximum absolute atomic E-state index is 12.9. The number of benzene rings is 1. The van der Waals surface area contributed by atoms with Gasteiger partial charge in [-0.05, 0) is 38.1 Å². The third-order valence-electron chi connectivity index (χ3n) is 3.95. The van der Waals surface area contributed by atoms with Crippen molar-refractivity contribution in [2.45, 2.75) is 45.1 Å². The number of amides is 1. The summed E-state index contributed by atoms with van der Waals surface area (Å²) >= 11 is 0. The van der Waals surface area contributed by atoms with Gasteiger partial charge in [0.2, 0.25) is 15.9 Å². The highest BCUT2D eigenvalue weighted by atomic mass is 32.2. The fraction of sp³-hybridized carbons (Fsp3) is 0.588. The lowest BCUT2D eigenvalue weighted by atomic mass is 9.95. The van der Waals surface area contributed by atoms with E-state index in [2.05, 4.69) is 5.32 Å². The van der Waals surface area contributed by atoms with Gasteiger partial charge in [-0.2, -0.15) is 4.31 Å². The van der Waals surface area contributed by atoms with E-state index in [9.17, 15) is 13.2 Å². The molecule has 1 heterocycles. The first-order valence-corrected chi connectivity index (χ1v) is 9.41. The molecule has 1 saturated heterocycles. The summed E-state index contributed by atoms with van der Waals surface area (Å²) in [5.74, 6) is -0.118. The molecule has 7 heteroatoms. The highest BCUT2D eigenvalue weighted by Crippen LogP contribution is 2.28. The van der Waals surface area contributed by atoms with Gasteiger partial charge in [0.25, 0.3) is 0 Å². The number of nitrogens with one attached hydrogen (secondary N) is 1. The molecule has 0 unspecified atom stereocenters. The Balaban J connectivity index is 2.22. The number of morpholine rings is 1. The Morgan fingerprint density at radius 2 is 1.79 bits per heavy atom. The Bertz CT molecular complexity index is 703. The third kappa shape index (κ3) is 3.96. The molecule has 1 fully saturated rings. The van der Waals surface area contributed by atoms with Crippen molar-refractivity contribution in [3.8, 4) is 0 Å². The van der Waals surface area contributed by atoms with Crippen LogP contribution in [0.25, 0.3) is 0 Å². The van der Waals surface area contributed by atoms with Crippen LogP contribution in [0.3, 0.4) is 0 Å². The zero-order chi connectivity index (χ0) is 18.2.